The zero-order valence-corrected chi connectivity index (χ0v) is 17.3. The van der Waals surface area contributed by atoms with Crippen LogP contribution in [-0.2, 0) is 0 Å². The maximum Gasteiger partial charge on any atom is 0.336 e. The topological polar surface area (TPSA) is 218 Å². The molecule has 34 heavy (non-hydrogen) atoms. The second-order valence-electron chi connectivity index (χ2n) is 6.74. The van der Waals surface area contributed by atoms with Gasteiger partial charge in [0.1, 0.15) is 0 Å². The van der Waals surface area contributed by atoms with Crippen molar-refractivity contribution in [1.82, 2.24) is 0 Å². The van der Waals surface area contributed by atoms with Gasteiger partial charge in [-0.2, -0.15) is 0 Å². The summed E-state index contributed by atoms with van der Waals surface area (Å²) in [6, 6.07) is 12.9. The van der Waals surface area contributed by atoms with Crippen molar-refractivity contribution in [2.75, 3.05) is 11.5 Å². The average molecular weight is 466 g/mol. The number of aromatic carboxylic acids is 4. The van der Waals surface area contributed by atoms with E-state index in [1.54, 1.807) is 24.3 Å². The van der Waals surface area contributed by atoms with E-state index in [4.69, 9.17) is 31.9 Å². The zero-order valence-electron chi connectivity index (χ0n) is 17.3. The number of rotatable bonds is 6. The summed E-state index contributed by atoms with van der Waals surface area (Å²) in [4.78, 5) is 56.9. The Balaban J connectivity index is 0.000000430. The van der Waals surface area contributed by atoms with Crippen LogP contribution in [0.1, 0.15) is 57.4 Å². The molecule has 174 valence electrons. The van der Waals surface area contributed by atoms with Gasteiger partial charge in [-0.25, -0.2) is 19.2 Å². The minimum absolute atomic E-state index is 0.188. The zero-order chi connectivity index (χ0) is 25.6. The van der Waals surface area contributed by atoms with Crippen LogP contribution in [0, 0.1) is 0 Å². The molecule has 0 saturated heterocycles. The maximum absolute atomic E-state index is 12.5. The summed E-state index contributed by atoms with van der Waals surface area (Å²) in [5, 5.41) is 36.1. The van der Waals surface area contributed by atoms with E-state index in [1.165, 1.54) is 0 Å². The van der Waals surface area contributed by atoms with Crippen molar-refractivity contribution in [2.24, 2.45) is 0 Å². The molecule has 3 aromatic carbocycles. The van der Waals surface area contributed by atoms with Crippen LogP contribution in [0.15, 0.2) is 60.7 Å². The highest BCUT2D eigenvalue weighted by atomic mass is 16.4. The largest absolute Gasteiger partial charge is 0.478 e. The van der Waals surface area contributed by atoms with Gasteiger partial charge in [0.25, 0.3) is 0 Å². The Labute approximate surface area is 191 Å². The van der Waals surface area contributed by atoms with Crippen LogP contribution >= 0.6 is 0 Å². The molecule has 3 rings (SSSR count). The number of hydrogen-bond donors (Lipinski definition) is 6. The van der Waals surface area contributed by atoms with Gasteiger partial charge < -0.3 is 31.9 Å². The van der Waals surface area contributed by atoms with E-state index in [1.807, 2.05) is 0 Å². The van der Waals surface area contributed by atoms with E-state index in [0.717, 1.165) is 47.8 Å². The Morgan fingerprint density at radius 2 is 0.765 bits per heavy atom. The molecular formula is C23H18N2O9. The highest BCUT2D eigenvalue weighted by Gasteiger charge is 2.22. The van der Waals surface area contributed by atoms with Gasteiger partial charge in [-0.05, 0) is 48.5 Å². The number of nitrogen functional groups attached to an aromatic ring is 2. The minimum Gasteiger partial charge on any atom is -0.478 e. The first-order chi connectivity index (χ1) is 15.9. The van der Waals surface area contributed by atoms with Crippen molar-refractivity contribution < 1.29 is 44.4 Å². The smallest absolute Gasteiger partial charge is 0.336 e. The quantitative estimate of drug-likeness (QED) is 0.229. The number of benzene rings is 3. The van der Waals surface area contributed by atoms with E-state index >= 15 is 0 Å². The molecule has 0 radical (unpaired) electrons. The molecule has 0 bridgehead atoms. The van der Waals surface area contributed by atoms with Crippen LogP contribution in [0.2, 0.25) is 0 Å². The molecule has 0 fully saturated rings. The Bertz CT molecular complexity index is 1200. The molecule has 0 unspecified atom stereocenters. The summed E-state index contributed by atoms with van der Waals surface area (Å²) in [6.07, 6.45) is 0. The van der Waals surface area contributed by atoms with Gasteiger partial charge in [0, 0.05) is 22.5 Å². The number of carbonyl (C=O) groups excluding carboxylic acids is 1. The second kappa shape index (κ2) is 10.4. The number of carboxylic acids is 4. The number of carboxylic acid groups (broad SMARTS) is 4. The van der Waals surface area contributed by atoms with Gasteiger partial charge in [-0.15, -0.1) is 0 Å². The number of nitrogens with two attached hydrogens (primary N) is 2. The number of anilines is 2. The molecular weight excluding hydrogens is 448 g/mol. The van der Waals surface area contributed by atoms with Crippen molar-refractivity contribution in [2.45, 2.75) is 0 Å². The van der Waals surface area contributed by atoms with Crippen molar-refractivity contribution in [3.05, 3.63) is 94.0 Å². The first-order valence-electron chi connectivity index (χ1n) is 9.29. The molecule has 0 aliphatic rings. The Morgan fingerprint density at radius 3 is 1.03 bits per heavy atom. The third-order valence-corrected chi connectivity index (χ3v) is 4.42. The van der Waals surface area contributed by atoms with E-state index in [9.17, 15) is 24.0 Å². The van der Waals surface area contributed by atoms with Crippen LogP contribution in [0.25, 0.3) is 0 Å². The van der Waals surface area contributed by atoms with E-state index in [-0.39, 0.29) is 11.1 Å². The Kier molecular flexibility index (Phi) is 7.68. The van der Waals surface area contributed by atoms with E-state index in [0.29, 0.717) is 0 Å². The highest BCUT2D eigenvalue weighted by molar-refractivity contribution is 6.13. The standard InChI is InChI=1S/C17H10O9.C6H8N2/c18-13(7-1-3-9(14(19)20)11(5-7)16(23)24)8-2-4-10(15(21)22)12(6-8)17(25)26;7-5-1-2-6(8)4-3-5/h1-6H,(H,19,20)(H,21,22)(H,23,24)(H,25,26);1-4H,7-8H2. The predicted molar refractivity (Wildman–Crippen MR) is 119 cm³/mol. The fraction of sp³-hybridized carbons (Fsp3) is 0. The molecule has 8 N–H and O–H groups in total. The van der Waals surface area contributed by atoms with Crippen LogP contribution in [0.3, 0.4) is 0 Å². The number of ketones is 1. The highest BCUT2D eigenvalue weighted by Crippen LogP contribution is 2.19. The van der Waals surface area contributed by atoms with Gasteiger partial charge in [-0.3, -0.25) is 4.79 Å². The van der Waals surface area contributed by atoms with Crippen molar-refractivity contribution in [3.8, 4) is 0 Å². The van der Waals surface area contributed by atoms with E-state index in [2.05, 4.69) is 0 Å². The van der Waals surface area contributed by atoms with Gasteiger partial charge in [-0.1, -0.05) is 12.1 Å². The summed E-state index contributed by atoms with van der Waals surface area (Å²) in [5.74, 6) is -6.86. The summed E-state index contributed by atoms with van der Waals surface area (Å²) in [6.45, 7) is 0. The Morgan fingerprint density at radius 1 is 0.471 bits per heavy atom. The summed E-state index contributed by atoms with van der Waals surface area (Å²) in [7, 11) is 0. The number of carbonyl (C=O) groups is 5. The van der Waals surface area contributed by atoms with Crippen LogP contribution in [0.4, 0.5) is 11.4 Å². The van der Waals surface area contributed by atoms with Gasteiger partial charge >= 0.3 is 23.9 Å². The molecule has 0 amide bonds. The fourth-order valence-corrected chi connectivity index (χ4v) is 2.76. The average Bonchev–Trinajstić information content (AvgIpc) is 2.79. The third kappa shape index (κ3) is 5.95. The van der Waals surface area contributed by atoms with Crippen LogP contribution in [-0.4, -0.2) is 50.1 Å². The molecule has 0 aromatic heterocycles. The monoisotopic (exact) mass is 466 g/mol. The van der Waals surface area contributed by atoms with Crippen molar-refractivity contribution >= 4 is 41.0 Å². The van der Waals surface area contributed by atoms with E-state index < -0.39 is 51.9 Å². The molecule has 0 aliphatic heterocycles. The lowest BCUT2D eigenvalue weighted by molar-refractivity contribution is 0.0651. The molecule has 11 nitrogen and oxygen atoms in total. The lowest BCUT2D eigenvalue weighted by Crippen LogP contribution is -2.13. The molecule has 0 atom stereocenters. The first-order valence-corrected chi connectivity index (χ1v) is 9.29. The normalized spacial score (nSPS) is 9.88. The summed E-state index contributed by atoms with van der Waals surface area (Å²) in [5.41, 5.74) is 9.62. The molecule has 0 aliphatic carbocycles. The van der Waals surface area contributed by atoms with Gasteiger partial charge in [0.15, 0.2) is 5.78 Å². The fourth-order valence-electron chi connectivity index (χ4n) is 2.76. The maximum atomic E-state index is 12.5. The van der Waals surface area contributed by atoms with Crippen molar-refractivity contribution in [1.29, 1.82) is 0 Å². The minimum atomic E-state index is -1.55. The van der Waals surface area contributed by atoms with Gasteiger partial charge in [0.05, 0.1) is 22.3 Å². The third-order valence-electron chi connectivity index (χ3n) is 4.42. The summed E-state index contributed by atoms with van der Waals surface area (Å²) < 4.78 is 0. The summed E-state index contributed by atoms with van der Waals surface area (Å²) >= 11 is 0. The van der Waals surface area contributed by atoms with Crippen LogP contribution in [0.5, 0.6) is 0 Å². The molecule has 0 saturated carbocycles. The second-order valence-corrected chi connectivity index (χ2v) is 6.74. The lowest BCUT2D eigenvalue weighted by Gasteiger charge is -2.08. The number of hydrogen-bond acceptors (Lipinski definition) is 7. The SMILES string of the molecule is Nc1ccc(N)cc1.O=C(c1ccc(C(=O)O)c(C(=O)O)c1)c1ccc(C(=O)O)c(C(=O)O)c1. The molecule has 3 aromatic rings. The molecule has 0 spiro atoms. The predicted octanol–water partition coefficient (Wildman–Crippen LogP) is 2.56. The van der Waals surface area contributed by atoms with Crippen LogP contribution < -0.4 is 11.5 Å². The van der Waals surface area contributed by atoms with Crippen molar-refractivity contribution in [3.63, 3.8) is 0 Å². The Hall–Kier alpha value is -5.19. The lowest BCUT2D eigenvalue weighted by atomic mass is 9.95. The first kappa shape index (κ1) is 25.1. The molecule has 0 heterocycles. The molecule has 11 heteroatoms. The van der Waals surface area contributed by atoms with Gasteiger partial charge in [0.2, 0.25) is 0 Å².